The van der Waals surface area contributed by atoms with E-state index in [1.54, 1.807) is 14.0 Å². The molecule has 0 radical (unpaired) electrons. The van der Waals surface area contributed by atoms with Gasteiger partial charge < -0.3 is 10.5 Å². The summed E-state index contributed by atoms with van der Waals surface area (Å²) >= 11 is 1.28. The van der Waals surface area contributed by atoms with Gasteiger partial charge >= 0.3 is 0 Å². The molecule has 0 aliphatic heterocycles. The van der Waals surface area contributed by atoms with Crippen LogP contribution in [0.25, 0.3) is 17.1 Å². The summed E-state index contributed by atoms with van der Waals surface area (Å²) in [6, 6.07) is 15.7. The lowest BCUT2D eigenvalue weighted by molar-refractivity contribution is -0.117. The average Bonchev–Trinajstić information content (AvgIpc) is 3.05. The van der Waals surface area contributed by atoms with Gasteiger partial charge in [0.25, 0.3) is 0 Å². The molecule has 2 aromatic carbocycles. The zero-order valence-electron chi connectivity index (χ0n) is 14.8. The molecule has 1 amide bonds. The minimum Gasteiger partial charge on any atom is -0.496 e. The van der Waals surface area contributed by atoms with Crippen LogP contribution in [0.1, 0.15) is 12.5 Å². The van der Waals surface area contributed by atoms with Crippen molar-refractivity contribution in [1.82, 2.24) is 14.8 Å². The third-order valence-corrected chi connectivity index (χ3v) is 5.02. The highest BCUT2D eigenvalue weighted by atomic mass is 32.2. The fourth-order valence-electron chi connectivity index (χ4n) is 2.49. The van der Waals surface area contributed by atoms with Gasteiger partial charge in [-0.2, -0.15) is 0 Å². The smallest absolute Gasteiger partial charge is 0.230 e. The number of thioether (sulfide) groups is 1. The SMILES string of the molecule is COc1ccccc1-c1nnc(SC(C)C(N)=O)n1-c1ccc(C)cc1. The number of aryl methyl sites for hydroxylation is 1. The molecule has 134 valence electrons. The van der Waals surface area contributed by atoms with Crippen molar-refractivity contribution in [3.05, 3.63) is 54.1 Å². The molecule has 6 nitrogen and oxygen atoms in total. The van der Waals surface area contributed by atoms with Crippen molar-refractivity contribution in [2.24, 2.45) is 5.73 Å². The summed E-state index contributed by atoms with van der Waals surface area (Å²) in [4.78, 5) is 11.5. The summed E-state index contributed by atoms with van der Waals surface area (Å²) in [7, 11) is 1.62. The number of hydrogen-bond acceptors (Lipinski definition) is 5. The van der Waals surface area contributed by atoms with Crippen LogP contribution in [0, 0.1) is 6.92 Å². The Balaban J connectivity index is 2.17. The third-order valence-electron chi connectivity index (χ3n) is 3.96. The lowest BCUT2D eigenvalue weighted by Crippen LogP contribution is -2.23. The summed E-state index contributed by atoms with van der Waals surface area (Å²) in [5.74, 6) is 0.950. The van der Waals surface area contributed by atoms with E-state index >= 15 is 0 Å². The molecule has 1 unspecified atom stereocenters. The number of ether oxygens (including phenoxy) is 1. The van der Waals surface area contributed by atoms with Crippen LogP contribution in [0.4, 0.5) is 0 Å². The Morgan fingerprint density at radius 1 is 1.15 bits per heavy atom. The van der Waals surface area contributed by atoms with Crippen molar-refractivity contribution in [3.8, 4) is 22.8 Å². The van der Waals surface area contributed by atoms with Crippen molar-refractivity contribution in [1.29, 1.82) is 0 Å². The molecule has 0 fully saturated rings. The first-order chi connectivity index (χ1) is 12.5. The van der Waals surface area contributed by atoms with E-state index in [1.807, 2.05) is 60.0 Å². The average molecular weight is 368 g/mol. The molecule has 0 aliphatic rings. The summed E-state index contributed by atoms with van der Waals surface area (Å²) in [5, 5.41) is 8.84. The van der Waals surface area contributed by atoms with E-state index in [2.05, 4.69) is 10.2 Å². The Hall–Kier alpha value is -2.80. The molecule has 1 heterocycles. The van der Waals surface area contributed by atoms with Gasteiger partial charge in [0.05, 0.1) is 17.9 Å². The molecule has 0 spiro atoms. The largest absolute Gasteiger partial charge is 0.496 e. The molecule has 0 bridgehead atoms. The van der Waals surface area contributed by atoms with Crippen LogP contribution in [-0.2, 0) is 4.79 Å². The Morgan fingerprint density at radius 2 is 1.85 bits per heavy atom. The van der Waals surface area contributed by atoms with Crippen LogP contribution in [0.5, 0.6) is 5.75 Å². The number of carbonyl (C=O) groups excluding carboxylic acids is 1. The summed E-state index contributed by atoms with van der Waals surface area (Å²) < 4.78 is 7.39. The molecule has 0 saturated carbocycles. The molecule has 1 aromatic heterocycles. The second kappa shape index (κ2) is 7.61. The minimum absolute atomic E-state index is 0.396. The Morgan fingerprint density at radius 3 is 2.50 bits per heavy atom. The number of nitrogens with two attached hydrogens (primary N) is 1. The normalized spacial score (nSPS) is 12.0. The number of benzene rings is 2. The first-order valence-electron chi connectivity index (χ1n) is 8.13. The Kier molecular flexibility index (Phi) is 5.27. The minimum atomic E-state index is -0.422. The van der Waals surface area contributed by atoms with Crippen molar-refractivity contribution in [3.63, 3.8) is 0 Å². The quantitative estimate of drug-likeness (QED) is 0.676. The number of aromatic nitrogens is 3. The molecule has 7 heteroatoms. The highest BCUT2D eigenvalue weighted by molar-refractivity contribution is 8.00. The molecular formula is C19H20N4O2S. The number of nitrogens with zero attached hydrogens (tertiary/aromatic N) is 3. The summed E-state index contributed by atoms with van der Waals surface area (Å²) in [6.45, 7) is 3.78. The Bertz CT molecular complexity index is 922. The van der Waals surface area contributed by atoms with Crippen molar-refractivity contribution in [2.45, 2.75) is 24.3 Å². The maximum absolute atomic E-state index is 11.5. The number of para-hydroxylation sites is 1. The third kappa shape index (κ3) is 3.57. The van der Waals surface area contributed by atoms with Crippen molar-refractivity contribution < 1.29 is 9.53 Å². The molecule has 2 N–H and O–H groups in total. The number of rotatable bonds is 6. The van der Waals surface area contributed by atoms with Crippen molar-refractivity contribution >= 4 is 17.7 Å². The van der Waals surface area contributed by atoms with E-state index in [4.69, 9.17) is 10.5 Å². The second-order valence-electron chi connectivity index (χ2n) is 5.84. The molecule has 1 atom stereocenters. The van der Waals surface area contributed by atoms with E-state index < -0.39 is 11.2 Å². The van der Waals surface area contributed by atoms with Gasteiger partial charge in [-0.3, -0.25) is 9.36 Å². The van der Waals surface area contributed by atoms with Crippen molar-refractivity contribution in [2.75, 3.05) is 7.11 Å². The lowest BCUT2D eigenvalue weighted by Gasteiger charge is -2.13. The fraction of sp³-hybridized carbons (Fsp3) is 0.211. The highest BCUT2D eigenvalue weighted by Crippen LogP contribution is 2.34. The van der Waals surface area contributed by atoms with Gasteiger partial charge in [0.1, 0.15) is 5.75 Å². The van der Waals surface area contributed by atoms with Crippen LogP contribution < -0.4 is 10.5 Å². The molecule has 0 aliphatic carbocycles. The predicted molar refractivity (Wildman–Crippen MR) is 103 cm³/mol. The highest BCUT2D eigenvalue weighted by Gasteiger charge is 2.22. The molecule has 26 heavy (non-hydrogen) atoms. The van der Waals surface area contributed by atoms with Crippen LogP contribution in [0.3, 0.4) is 0 Å². The van der Waals surface area contributed by atoms with E-state index in [9.17, 15) is 4.79 Å². The van der Waals surface area contributed by atoms with Gasteiger partial charge in [0.15, 0.2) is 11.0 Å². The van der Waals surface area contributed by atoms with Crippen LogP contribution in [-0.4, -0.2) is 33.0 Å². The molecule has 3 rings (SSSR count). The lowest BCUT2D eigenvalue weighted by atomic mass is 10.1. The van der Waals surface area contributed by atoms with Gasteiger partial charge in [0, 0.05) is 5.69 Å². The van der Waals surface area contributed by atoms with E-state index in [1.165, 1.54) is 11.8 Å². The topological polar surface area (TPSA) is 83.0 Å². The van der Waals surface area contributed by atoms with E-state index in [0.717, 1.165) is 16.8 Å². The maximum Gasteiger partial charge on any atom is 0.230 e. The molecule has 3 aromatic rings. The fourth-order valence-corrected chi connectivity index (χ4v) is 3.31. The number of methoxy groups -OCH3 is 1. The number of amides is 1. The van der Waals surface area contributed by atoms with Crippen LogP contribution in [0.15, 0.2) is 53.7 Å². The zero-order valence-corrected chi connectivity index (χ0v) is 15.7. The van der Waals surface area contributed by atoms with Crippen LogP contribution >= 0.6 is 11.8 Å². The standard InChI is InChI=1S/C19H20N4O2S/c1-12-8-10-14(11-9-12)23-18(15-6-4-5-7-16(15)25-3)21-22-19(23)26-13(2)17(20)24/h4-11,13H,1-3H3,(H2,20,24). The molecule has 0 saturated heterocycles. The van der Waals surface area contributed by atoms with E-state index in [0.29, 0.717) is 16.7 Å². The van der Waals surface area contributed by atoms with Gasteiger partial charge in [-0.25, -0.2) is 0 Å². The number of hydrogen-bond donors (Lipinski definition) is 1. The first-order valence-corrected chi connectivity index (χ1v) is 9.01. The Labute approximate surface area is 156 Å². The molecular weight excluding hydrogens is 348 g/mol. The van der Waals surface area contributed by atoms with Gasteiger partial charge in [-0.1, -0.05) is 41.6 Å². The first kappa shape index (κ1) is 18.0. The van der Waals surface area contributed by atoms with Crippen LogP contribution in [0.2, 0.25) is 0 Å². The predicted octanol–water partition coefficient (Wildman–Crippen LogP) is 3.22. The van der Waals surface area contributed by atoms with Gasteiger partial charge in [-0.15, -0.1) is 10.2 Å². The maximum atomic E-state index is 11.5. The zero-order chi connectivity index (χ0) is 18.7. The van der Waals surface area contributed by atoms with Gasteiger partial charge in [-0.05, 0) is 38.1 Å². The monoisotopic (exact) mass is 368 g/mol. The number of carbonyl (C=O) groups is 1. The number of primary amides is 1. The second-order valence-corrected chi connectivity index (χ2v) is 7.15. The van der Waals surface area contributed by atoms with Gasteiger partial charge in [0.2, 0.25) is 5.91 Å². The summed E-state index contributed by atoms with van der Waals surface area (Å²) in [6.07, 6.45) is 0. The van der Waals surface area contributed by atoms with E-state index in [-0.39, 0.29) is 0 Å². The summed E-state index contributed by atoms with van der Waals surface area (Å²) in [5.41, 5.74) is 8.30.